The second kappa shape index (κ2) is 11.5. The van der Waals surface area contributed by atoms with E-state index >= 15 is 0 Å². The van der Waals surface area contributed by atoms with Crippen LogP contribution in [0.15, 0.2) is 24.3 Å². The van der Waals surface area contributed by atoms with Gasteiger partial charge in [0, 0.05) is 31.4 Å². The molecule has 0 spiro atoms. The van der Waals surface area contributed by atoms with Crippen LogP contribution in [0.2, 0.25) is 0 Å². The van der Waals surface area contributed by atoms with Crippen molar-refractivity contribution in [2.24, 2.45) is 0 Å². The van der Waals surface area contributed by atoms with Crippen LogP contribution in [0, 0.1) is 0 Å². The van der Waals surface area contributed by atoms with E-state index in [4.69, 9.17) is 26.4 Å². The first-order valence-corrected chi connectivity index (χ1v) is 10.8. The van der Waals surface area contributed by atoms with Gasteiger partial charge in [-0.05, 0) is 51.5 Å². The first-order valence-electron chi connectivity index (χ1n) is 9.53. The highest BCUT2D eigenvalue weighted by Gasteiger charge is 2.35. The van der Waals surface area contributed by atoms with Gasteiger partial charge in [-0.15, -0.1) is 0 Å². The predicted molar refractivity (Wildman–Crippen MR) is 114 cm³/mol. The summed E-state index contributed by atoms with van der Waals surface area (Å²) in [5.41, 5.74) is 0.922. The lowest BCUT2D eigenvalue weighted by molar-refractivity contribution is -0.139. The molecule has 1 aromatic carbocycles. The summed E-state index contributed by atoms with van der Waals surface area (Å²) in [6.45, 7) is 7.59. The molecule has 1 aliphatic heterocycles. The summed E-state index contributed by atoms with van der Waals surface area (Å²) in [7, 11) is 0. The van der Waals surface area contributed by atoms with Crippen LogP contribution in [0.25, 0.3) is 0 Å². The molecule has 6 nitrogen and oxygen atoms in total. The molecule has 8 heteroatoms. The zero-order chi connectivity index (χ0) is 20.5. The molecule has 0 aliphatic carbocycles. The Balaban J connectivity index is 2.04. The van der Waals surface area contributed by atoms with Crippen LogP contribution < -0.4 is 0 Å². The number of thiocarbonyl (C=S) groups is 1. The van der Waals surface area contributed by atoms with Gasteiger partial charge in [0.1, 0.15) is 0 Å². The van der Waals surface area contributed by atoms with E-state index in [1.807, 2.05) is 20.8 Å². The van der Waals surface area contributed by atoms with E-state index in [0.29, 0.717) is 54.7 Å². The molecule has 1 aromatic rings. The number of amides is 2. The third kappa shape index (κ3) is 6.01. The number of carbonyl (C=O) groups is 2. The number of rotatable bonds is 11. The summed E-state index contributed by atoms with van der Waals surface area (Å²) in [5, 5.41) is -0.00791. The van der Waals surface area contributed by atoms with Gasteiger partial charge in [0.2, 0.25) is 4.38 Å². The fraction of sp³-hybridized carbons (Fsp3) is 0.550. The second-order valence-corrected chi connectivity index (χ2v) is 8.00. The number of fused-ring (bicyclic) bond motifs is 1. The second-order valence-electron chi connectivity index (χ2n) is 6.10. The number of imide groups is 1. The molecular formula is C20H27NO5S2. The van der Waals surface area contributed by atoms with Crippen molar-refractivity contribution in [3.8, 4) is 0 Å². The van der Waals surface area contributed by atoms with Gasteiger partial charge in [-0.3, -0.25) is 14.5 Å². The van der Waals surface area contributed by atoms with Gasteiger partial charge in [0.15, 0.2) is 6.29 Å². The summed E-state index contributed by atoms with van der Waals surface area (Å²) >= 11 is 6.69. The average Bonchev–Trinajstić information content (AvgIpc) is 2.91. The Kier molecular flexibility index (Phi) is 9.37. The molecule has 28 heavy (non-hydrogen) atoms. The minimum atomic E-state index is -0.362. The van der Waals surface area contributed by atoms with Crippen molar-refractivity contribution in [3.05, 3.63) is 35.4 Å². The van der Waals surface area contributed by atoms with E-state index in [1.54, 1.807) is 24.3 Å². The molecule has 0 N–H and O–H groups in total. The minimum absolute atomic E-state index is 0.00791. The lowest BCUT2D eigenvalue weighted by Gasteiger charge is -2.24. The monoisotopic (exact) mass is 425 g/mol. The number of hydrogen-bond acceptors (Lipinski definition) is 7. The van der Waals surface area contributed by atoms with Crippen LogP contribution in [-0.2, 0) is 14.2 Å². The van der Waals surface area contributed by atoms with Crippen LogP contribution >= 0.6 is 24.0 Å². The third-order valence-electron chi connectivity index (χ3n) is 4.24. The van der Waals surface area contributed by atoms with Crippen molar-refractivity contribution in [1.82, 2.24) is 4.90 Å². The molecule has 2 rings (SSSR count). The highest BCUT2D eigenvalue weighted by Crippen LogP contribution is 2.27. The summed E-state index contributed by atoms with van der Waals surface area (Å²) < 4.78 is 17.2. The molecule has 1 unspecified atom stereocenters. The summed E-state index contributed by atoms with van der Waals surface area (Å²) in [4.78, 5) is 26.4. The molecule has 0 saturated heterocycles. The molecule has 0 saturated carbocycles. The Morgan fingerprint density at radius 2 is 1.61 bits per heavy atom. The third-order valence-corrected chi connectivity index (χ3v) is 5.72. The number of nitrogens with zero attached hydrogens (tertiary/aromatic N) is 1. The number of thioether (sulfide) groups is 1. The van der Waals surface area contributed by atoms with Gasteiger partial charge in [-0.1, -0.05) is 23.9 Å². The van der Waals surface area contributed by atoms with Crippen molar-refractivity contribution in [3.63, 3.8) is 0 Å². The first-order chi connectivity index (χ1) is 13.5. The predicted octanol–water partition coefficient (Wildman–Crippen LogP) is 3.89. The van der Waals surface area contributed by atoms with Gasteiger partial charge in [0.25, 0.3) is 11.8 Å². The van der Waals surface area contributed by atoms with Gasteiger partial charge >= 0.3 is 0 Å². The molecule has 1 aliphatic rings. The Morgan fingerprint density at radius 1 is 1.04 bits per heavy atom. The molecule has 0 aromatic heterocycles. The average molecular weight is 426 g/mol. The Morgan fingerprint density at radius 3 is 2.11 bits per heavy atom. The van der Waals surface area contributed by atoms with Crippen molar-refractivity contribution in [2.45, 2.75) is 45.2 Å². The smallest absolute Gasteiger partial charge is 0.261 e. The fourth-order valence-electron chi connectivity index (χ4n) is 3.00. The highest BCUT2D eigenvalue weighted by atomic mass is 32.2. The maximum atomic E-state index is 12.6. The van der Waals surface area contributed by atoms with Gasteiger partial charge in [0.05, 0.1) is 17.7 Å². The van der Waals surface area contributed by atoms with Gasteiger partial charge < -0.3 is 14.2 Å². The molecule has 154 valence electrons. The van der Waals surface area contributed by atoms with E-state index in [-0.39, 0.29) is 23.4 Å². The van der Waals surface area contributed by atoms with Gasteiger partial charge in [-0.25, -0.2) is 0 Å². The van der Waals surface area contributed by atoms with Crippen LogP contribution in [0.3, 0.4) is 0 Å². The van der Waals surface area contributed by atoms with Crippen molar-refractivity contribution >= 4 is 40.2 Å². The molecular weight excluding hydrogens is 398 g/mol. The molecule has 2 amide bonds. The molecule has 0 fully saturated rings. The normalized spacial score (nSPS) is 14.5. The zero-order valence-electron chi connectivity index (χ0n) is 16.5. The zero-order valence-corrected chi connectivity index (χ0v) is 18.1. The number of ether oxygens (including phenoxy) is 3. The minimum Gasteiger partial charge on any atom is -0.479 e. The van der Waals surface area contributed by atoms with Crippen molar-refractivity contribution in [1.29, 1.82) is 0 Å². The van der Waals surface area contributed by atoms with Crippen LogP contribution in [-0.4, -0.2) is 59.0 Å². The SMILES string of the molecule is CCOC(=S)SC(CCN1C(=O)c2ccccc2C1=O)CC(OCC)OCC. The first kappa shape index (κ1) is 22.8. The quantitative estimate of drug-likeness (QED) is 0.303. The van der Waals surface area contributed by atoms with Crippen molar-refractivity contribution in [2.75, 3.05) is 26.4 Å². The highest BCUT2D eigenvalue weighted by molar-refractivity contribution is 8.23. The van der Waals surface area contributed by atoms with Crippen LogP contribution in [0.5, 0.6) is 0 Å². The molecule has 0 radical (unpaired) electrons. The molecule has 1 heterocycles. The Bertz CT molecular complexity index is 656. The lowest BCUT2D eigenvalue weighted by Crippen LogP contribution is -2.33. The maximum Gasteiger partial charge on any atom is 0.261 e. The number of hydrogen-bond donors (Lipinski definition) is 0. The topological polar surface area (TPSA) is 65.1 Å². The van der Waals surface area contributed by atoms with E-state index in [2.05, 4.69) is 0 Å². The van der Waals surface area contributed by atoms with Crippen LogP contribution in [0.1, 0.15) is 54.3 Å². The molecule has 1 atom stereocenters. The van der Waals surface area contributed by atoms with Crippen LogP contribution in [0.4, 0.5) is 0 Å². The standard InChI is InChI=1S/C20H27NO5S2/c1-4-24-17(25-5-2)13-14(28-20(27)26-6-3)11-12-21-18(22)15-9-7-8-10-16(15)19(21)23/h7-10,14,17H,4-6,11-13H2,1-3H3. The van der Waals surface area contributed by atoms with Crippen molar-refractivity contribution < 1.29 is 23.8 Å². The lowest BCUT2D eigenvalue weighted by atomic mass is 10.1. The Labute approximate surface area is 175 Å². The number of carbonyl (C=O) groups excluding carboxylic acids is 2. The summed E-state index contributed by atoms with van der Waals surface area (Å²) in [6.07, 6.45) is 0.794. The maximum absolute atomic E-state index is 12.6. The summed E-state index contributed by atoms with van der Waals surface area (Å²) in [5.74, 6) is -0.495. The van der Waals surface area contributed by atoms with E-state index in [9.17, 15) is 9.59 Å². The largest absolute Gasteiger partial charge is 0.479 e. The Hall–Kier alpha value is -1.48. The van der Waals surface area contributed by atoms with E-state index < -0.39 is 0 Å². The fourth-order valence-corrected chi connectivity index (χ4v) is 4.46. The van der Waals surface area contributed by atoms with Gasteiger partial charge in [-0.2, -0.15) is 0 Å². The number of benzene rings is 1. The summed E-state index contributed by atoms with van der Waals surface area (Å²) in [6, 6.07) is 6.90. The van der Waals surface area contributed by atoms with E-state index in [1.165, 1.54) is 16.7 Å². The van der Waals surface area contributed by atoms with E-state index in [0.717, 1.165) is 0 Å². The molecule has 0 bridgehead atoms.